The van der Waals surface area contributed by atoms with Gasteiger partial charge in [-0.05, 0) is 36.2 Å². The van der Waals surface area contributed by atoms with Gasteiger partial charge in [-0.1, -0.05) is 52.5 Å². The minimum atomic E-state index is -0.581. The smallest absolute Gasteiger partial charge is 0.237 e. The number of imidazole rings is 1. The van der Waals surface area contributed by atoms with Crippen LogP contribution in [0.3, 0.4) is 0 Å². The molecule has 0 aliphatic carbocycles. The number of β-amino-alcohol motifs (C(OH)–C–C–N with tert-alkyl or cyclic N) is 1. The van der Waals surface area contributed by atoms with Crippen molar-refractivity contribution in [3.63, 3.8) is 0 Å². The zero-order chi connectivity index (χ0) is 21.4. The highest BCUT2D eigenvalue weighted by molar-refractivity contribution is 6.42. The summed E-state index contributed by atoms with van der Waals surface area (Å²) in [4.78, 5) is 22.3. The topological polar surface area (TPSA) is 81.2 Å². The summed E-state index contributed by atoms with van der Waals surface area (Å²) in [6.45, 7) is 1.04. The number of fused-ring (bicyclic) bond motifs is 1. The van der Waals surface area contributed by atoms with E-state index in [1.165, 1.54) is 0 Å². The summed E-state index contributed by atoms with van der Waals surface area (Å²) in [7, 11) is 0. The van der Waals surface area contributed by atoms with E-state index in [1.807, 2.05) is 11.0 Å². The lowest BCUT2D eigenvalue weighted by molar-refractivity contribution is -0.125. The molecule has 10 heteroatoms. The first-order valence-electron chi connectivity index (χ1n) is 9.27. The highest BCUT2D eigenvalue weighted by Crippen LogP contribution is 2.28. The molecule has 4 rings (SSSR count). The number of aromatic amines is 1. The molecule has 1 saturated heterocycles. The zero-order valence-electron chi connectivity index (χ0n) is 15.6. The second-order valence-electron chi connectivity index (χ2n) is 7.26. The highest BCUT2D eigenvalue weighted by atomic mass is 35.5. The van der Waals surface area contributed by atoms with Crippen LogP contribution in [-0.2, 0) is 17.9 Å². The molecule has 30 heavy (non-hydrogen) atoms. The Kier molecular flexibility index (Phi) is 6.44. The molecule has 2 aromatic carbocycles. The second-order valence-corrected chi connectivity index (χ2v) is 8.91. The fourth-order valence-electron chi connectivity index (χ4n) is 3.63. The third kappa shape index (κ3) is 4.69. The standard InChI is InChI=1S/C20H18Cl4N4O2/c21-11-2-1-10(13(22)3-11)8-28-9-12(29)4-18(28)20(30)25-7-19-26-16-5-14(23)15(24)6-17(16)27-19/h1-3,5-6,12,18,29H,4,7-9H2,(H,25,30)(H,26,27). The molecule has 0 bridgehead atoms. The van der Waals surface area contributed by atoms with Gasteiger partial charge in [0.2, 0.25) is 5.91 Å². The molecule has 1 aromatic heterocycles. The van der Waals surface area contributed by atoms with Gasteiger partial charge in [-0.15, -0.1) is 0 Å². The molecule has 0 radical (unpaired) electrons. The van der Waals surface area contributed by atoms with Gasteiger partial charge in [0.25, 0.3) is 0 Å². The number of amides is 1. The van der Waals surface area contributed by atoms with Gasteiger partial charge in [0.15, 0.2) is 0 Å². The molecule has 1 aliphatic rings. The van der Waals surface area contributed by atoms with E-state index in [-0.39, 0.29) is 12.5 Å². The van der Waals surface area contributed by atoms with Crippen LogP contribution in [0.5, 0.6) is 0 Å². The molecule has 0 spiro atoms. The van der Waals surface area contributed by atoms with Gasteiger partial charge in [-0.25, -0.2) is 4.98 Å². The van der Waals surface area contributed by atoms with Gasteiger partial charge >= 0.3 is 0 Å². The number of nitrogens with zero attached hydrogens (tertiary/aromatic N) is 2. The molecular weight excluding hydrogens is 470 g/mol. The Morgan fingerprint density at radius 2 is 1.93 bits per heavy atom. The third-order valence-electron chi connectivity index (χ3n) is 5.08. The fourth-order valence-corrected chi connectivity index (χ4v) is 4.42. The predicted molar refractivity (Wildman–Crippen MR) is 119 cm³/mol. The van der Waals surface area contributed by atoms with Gasteiger partial charge in [-0.2, -0.15) is 0 Å². The summed E-state index contributed by atoms with van der Waals surface area (Å²) < 4.78 is 0. The van der Waals surface area contributed by atoms with E-state index in [4.69, 9.17) is 46.4 Å². The number of aliphatic hydroxyl groups is 1. The Bertz CT molecular complexity index is 1060. The van der Waals surface area contributed by atoms with Crippen molar-refractivity contribution >= 4 is 63.3 Å². The Hall–Kier alpha value is -1.54. The Morgan fingerprint density at radius 3 is 2.70 bits per heavy atom. The number of carbonyl (C=O) groups excluding carboxylic acids is 1. The van der Waals surface area contributed by atoms with Crippen molar-refractivity contribution in [1.82, 2.24) is 20.2 Å². The molecule has 158 valence electrons. The summed E-state index contributed by atoms with van der Waals surface area (Å²) in [5.41, 5.74) is 2.26. The van der Waals surface area contributed by atoms with Crippen LogP contribution in [0.25, 0.3) is 11.0 Å². The fraction of sp³-hybridized carbons (Fsp3) is 0.300. The maximum absolute atomic E-state index is 12.8. The molecule has 1 amide bonds. The van der Waals surface area contributed by atoms with Crippen molar-refractivity contribution in [1.29, 1.82) is 0 Å². The van der Waals surface area contributed by atoms with E-state index in [1.54, 1.807) is 24.3 Å². The van der Waals surface area contributed by atoms with Crippen LogP contribution in [-0.4, -0.2) is 44.6 Å². The third-order valence-corrected chi connectivity index (χ3v) is 6.38. The lowest BCUT2D eigenvalue weighted by Gasteiger charge is -2.23. The quantitative estimate of drug-likeness (QED) is 0.497. The number of hydrogen-bond donors (Lipinski definition) is 3. The Labute approximate surface area is 193 Å². The number of aromatic nitrogens is 2. The Balaban J connectivity index is 1.43. The molecule has 2 atom stereocenters. The molecule has 2 heterocycles. The van der Waals surface area contributed by atoms with Crippen LogP contribution >= 0.6 is 46.4 Å². The number of benzene rings is 2. The molecule has 1 aliphatic heterocycles. The lowest BCUT2D eigenvalue weighted by atomic mass is 10.1. The number of aliphatic hydroxyl groups excluding tert-OH is 1. The molecule has 0 saturated carbocycles. The van der Waals surface area contributed by atoms with Gasteiger partial charge in [0, 0.05) is 23.1 Å². The SMILES string of the molecule is O=C(NCc1nc2cc(Cl)c(Cl)cc2[nH]1)C1CC(O)CN1Cc1ccc(Cl)cc1Cl. The summed E-state index contributed by atoms with van der Waals surface area (Å²) in [6.07, 6.45) is -0.232. The summed E-state index contributed by atoms with van der Waals surface area (Å²) in [5, 5.41) is 14.9. The molecular formula is C20H18Cl4N4O2. The predicted octanol–water partition coefficient (Wildman–Crippen LogP) is 4.43. The van der Waals surface area contributed by atoms with E-state index < -0.39 is 12.1 Å². The van der Waals surface area contributed by atoms with Gasteiger partial charge in [-0.3, -0.25) is 9.69 Å². The van der Waals surface area contributed by atoms with Crippen LogP contribution in [0.2, 0.25) is 20.1 Å². The average molecular weight is 488 g/mol. The van der Waals surface area contributed by atoms with Crippen LogP contribution in [0.4, 0.5) is 0 Å². The Morgan fingerprint density at radius 1 is 1.17 bits per heavy atom. The van der Waals surface area contributed by atoms with Crippen molar-refractivity contribution < 1.29 is 9.90 Å². The summed E-state index contributed by atoms with van der Waals surface area (Å²) >= 11 is 24.3. The first kappa shape index (κ1) is 21.7. The van der Waals surface area contributed by atoms with E-state index in [0.29, 0.717) is 50.9 Å². The van der Waals surface area contributed by atoms with E-state index in [0.717, 1.165) is 11.1 Å². The van der Waals surface area contributed by atoms with Gasteiger partial charge in [0.1, 0.15) is 5.82 Å². The number of nitrogens with one attached hydrogen (secondary N) is 2. The van der Waals surface area contributed by atoms with Crippen LogP contribution < -0.4 is 5.32 Å². The number of H-pyrrole nitrogens is 1. The first-order chi connectivity index (χ1) is 14.3. The molecule has 6 nitrogen and oxygen atoms in total. The van der Waals surface area contributed by atoms with Gasteiger partial charge < -0.3 is 15.4 Å². The number of likely N-dealkylation sites (tertiary alicyclic amines) is 1. The number of halogens is 4. The number of carbonyl (C=O) groups is 1. The number of rotatable bonds is 5. The molecule has 2 unspecified atom stereocenters. The van der Waals surface area contributed by atoms with Crippen LogP contribution in [0.15, 0.2) is 30.3 Å². The summed E-state index contributed by atoms with van der Waals surface area (Å²) in [5.74, 6) is 0.399. The number of hydrogen-bond acceptors (Lipinski definition) is 4. The molecule has 3 aromatic rings. The van der Waals surface area contributed by atoms with Crippen molar-refractivity contribution in [2.24, 2.45) is 0 Å². The van der Waals surface area contributed by atoms with Crippen LogP contribution in [0, 0.1) is 0 Å². The molecule has 3 N–H and O–H groups in total. The van der Waals surface area contributed by atoms with Crippen molar-refractivity contribution in [2.75, 3.05) is 6.54 Å². The molecule has 1 fully saturated rings. The highest BCUT2D eigenvalue weighted by Gasteiger charge is 2.36. The lowest BCUT2D eigenvalue weighted by Crippen LogP contribution is -2.42. The largest absolute Gasteiger partial charge is 0.392 e. The van der Waals surface area contributed by atoms with Crippen molar-refractivity contribution in [3.05, 3.63) is 61.8 Å². The maximum atomic E-state index is 12.8. The minimum Gasteiger partial charge on any atom is -0.392 e. The minimum absolute atomic E-state index is 0.187. The first-order valence-corrected chi connectivity index (χ1v) is 10.8. The average Bonchev–Trinajstić information content (AvgIpc) is 3.25. The summed E-state index contributed by atoms with van der Waals surface area (Å²) in [6, 6.07) is 8.15. The zero-order valence-corrected chi connectivity index (χ0v) is 18.7. The van der Waals surface area contributed by atoms with Crippen molar-refractivity contribution in [3.8, 4) is 0 Å². The van der Waals surface area contributed by atoms with Crippen LogP contribution in [0.1, 0.15) is 17.8 Å². The van der Waals surface area contributed by atoms with Crippen molar-refractivity contribution in [2.45, 2.75) is 31.7 Å². The monoisotopic (exact) mass is 486 g/mol. The van der Waals surface area contributed by atoms with E-state index >= 15 is 0 Å². The van der Waals surface area contributed by atoms with E-state index in [2.05, 4.69) is 15.3 Å². The maximum Gasteiger partial charge on any atom is 0.237 e. The second kappa shape index (κ2) is 8.91. The normalized spacial score (nSPS) is 19.5. The van der Waals surface area contributed by atoms with Gasteiger partial charge in [0.05, 0.1) is 39.8 Å². The van der Waals surface area contributed by atoms with E-state index in [9.17, 15) is 9.90 Å².